The molecule has 0 aromatic heterocycles. The molecular formula is C24H19BrN2O2. The molecule has 5 heteroatoms. The van der Waals surface area contributed by atoms with Crippen LogP contribution < -0.4 is 10.2 Å². The zero-order chi connectivity index (χ0) is 20.5. The van der Waals surface area contributed by atoms with E-state index in [2.05, 4.69) is 21.2 Å². The van der Waals surface area contributed by atoms with Crippen LogP contribution in [-0.2, 0) is 9.59 Å². The van der Waals surface area contributed by atoms with E-state index in [9.17, 15) is 9.59 Å². The average molecular weight is 447 g/mol. The molecule has 1 heterocycles. The summed E-state index contributed by atoms with van der Waals surface area (Å²) < 4.78 is 0.880. The van der Waals surface area contributed by atoms with E-state index < -0.39 is 0 Å². The Morgan fingerprint density at radius 2 is 1.52 bits per heavy atom. The minimum Gasteiger partial charge on any atom is -0.350 e. The third-order valence-electron chi connectivity index (χ3n) is 4.87. The predicted octanol–water partition coefficient (Wildman–Crippen LogP) is 5.46. The van der Waals surface area contributed by atoms with Gasteiger partial charge in [0, 0.05) is 10.2 Å². The number of nitrogens with zero attached hydrogens (tertiary/aromatic N) is 1. The van der Waals surface area contributed by atoms with Crippen LogP contribution in [0.15, 0.2) is 83.0 Å². The van der Waals surface area contributed by atoms with E-state index in [0.717, 1.165) is 21.3 Å². The number of hydrogen-bond acceptors (Lipinski definition) is 3. The Bertz CT molecular complexity index is 1140. The fourth-order valence-electron chi connectivity index (χ4n) is 3.43. The van der Waals surface area contributed by atoms with Crippen LogP contribution in [0.2, 0.25) is 0 Å². The molecule has 3 aromatic rings. The predicted molar refractivity (Wildman–Crippen MR) is 120 cm³/mol. The molecule has 4 rings (SSSR count). The summed E-state index contributed by atoms with van der Waals surface area (Å²) >= 11 is 3.39. The monoisotopic (exact) mass is 446 g/mol. The summed E-state index contributed by atoms with van der Waals surface area (Å²) in [6.45, 7) is 4.00. The van der Waals surface area contributed by atoms with Gasteiger partial charge >= 0.3 is 0 Å². The van der Waals surface area contributed by atoms with E-state index >= 15 is 0 Å². The Hall–Kier alpha value is -3.18. The van der Waals surface area contributed by atoms with Gasteiger partial charge in [0.1, 0.15) is 5.70 Å². The van der Waals surface area contributed by atoms with Gasteiger partial charge in [0.05, 0.1) is 11.3 Å². The highest BCUT2D eigenvalue weighted by Gasteiger charge is 2.40. The van der Waals surface area contributed by atoms with E-state index in [1.54, 1.807) is 12.1 Å². The largest absolute Gasteiger partial charge is 0.350 e. The number of anilines is 2. The normalized spacial score (nSPS) is 14.0. The van der Waals surface area contributed by atoms with Crippen LogP contribution in [0.25, 0.3) is 5.57 Å². The molecule has 0 saturated carbocycles. The van der Waals surface area contributed by atoms with Crippen molar-refractivity contribution in [1.82, 2.24) is 0 Å². The molecule has 3 aromatic carbocycles. The van der Waals surface area contributed by atoms with Crippen LogP contribution in [0.5, 0.6) is 0 Å². The maximum absolute atomic E-state index is 13.3. The van der Waals surface area contributed by atoms with E-state index in [0.29, 0.717) is 16.8 Å². The lowest BCUT2D eigenvalue weighted by atomic mass is 10.0. The van der Waals surface area contributed by atoms with Crippen molar-refractivity contribution < 1.29 is 9.59 Å². The number of nitrogens with one attached hydrogen (secondary N) is 1. The molecule has 0 atom stereocenters. The molecule has 29 heavy (non-hydrogen) atoms. The van der Waals surface area contributed by atoms with E-state index in [1.807, 2.05) is 74.5 Å². The average Bonchev–Trinajstić information content (AvgIpc) is 2.95. The number of hydrogen-bond donors (Lipinski definition) is 1. The molecule has 4 nitrogen and oxygen atoms in total. The number of imide groups is 1. The van der Waals surface area contributed by atoms with Crippen molar-refractivity contribution in [2.45, 2.75) is 13.8 Å². The van der Waals surface area contributed by atoms with Crippen molar-refractivity contribution >= 4 is 44.7 Å². The van der Waals surface area contributed by atoms with Gasteiger partial charge in [-0.3, -0.25) is 9.59 Å². The zero-order valence-electron chi connectivity index (χ0n) is 16.1. The van der Waals surface area contributed by atoms with Gasteiger partial charge in [0.15, 0.2) is 0 Å². The third-order valence-corrected chi connectivity index (χ3v) is 5.40. The Morgan fingerprint density at radius 3 is 2.17 bits per heavy atom. The van der Waals surface area contributed by atoms with Gasteiger partial charge in [-0.25, -0.2) is 4.90 Å². The molecule has 1 aliphatic heterocycles. The molecule has 1 aliphatic rings. The Morgan fingerprint density at radius 1 is 0.828 bits per heavy atom. The lowest BCUT2D eigenvalue weighted by Gasteiger charge is -2.16. The third kappa shape index (κ3) is 3.61. The molecule has 0 aliphatic carbocycles. The van der Waals surface area contributed by atoms with Crippen molar-refractivity contribution in [3.63, 3.8) is 0 Å². The van der Waals surface area contributed by atoms with Crippen LogP contribution in [-0.4, -0.2) is 11.8 Å². The highest BCUT2D eigenvalue weighted by Crippen LogP contribution is 2.34. The highest BCUT2D eigenvalue weighted by atomic mass is 79.9. The van der Waals surface area contributed by atoms with Crippen LogP contribution in [0.1, 0.15) is 16.7 Å². The van der Waals surface area contributed by atoms with Crippen LogP contribution in [0.3, 0.4) is 0 Å². The molecule has 1 N–H and O–H groups in total. The second-order valence-corrected chi connectivity index (χ2v) is 7.90. The summed E-state index contributed by atoms with van der Waals surface area (Å²) in [5.74, 6) is -0.702. The first-order valence-corrected chi connectivity index (χ1v) is 10.0. The molecule has 0 unspecified atom stereocenters. The summed E-state index contributed by atoms with van der Waals surface area (Å²) in [4.78, 5) is 27.9. The Labute approximate surface area is 178 Å². The van der Waals surface area contributed by atoms with Crippen molar-refractivity contribution in [1.29, 1.82) is 0 Å². The molecule has 144 valence electrons. The number of rotatable bonds is 4. The Balaban J connectivity index is 1.82. The quantitative estimate of drug-likeness (QED) is 0.541. The topological polar surface area (TPSA) is 49.4 Å². The lowest BCUT2D eigenvalue weighted by Crippen LogP contribution is -2.32. The molecule has 0 radical (unpaired) electrons. The first kappa shape index (κ1) is 19.2. The van der Waals surface area contributed by atoms with E-state index in [1.165, 1.54) is 4.90 Å². The fraction of sp³-hybridized carbons (Fsp3) is 0.0833. The molecule has 0 bridgehead atoms. The molecule has 0 fully saturated rings. The Kier molecular flexibility index (Phi) is 5.07. The smallest absolute Gasteiger partial charge is 0.282 e. The standard InChI is InChI=1S/C24H19BrN2O2/c1-15-8-13-20(16(2)14-15)26-22-21(17-6-4-3-5-7-17)23(28)27(24(22)29)19-11-9-18(25)10-12-19/h3-14,26H,1-2H3. The number of aryl methyl sites for hydroxylation is 2. The maximum Gasteiger partial charge on any atom is 0.282 e. The van der Waals surface area contributed by atoms with Gasteiger partial charge in [-0.2, -0.15) is 0 Å². The van der Waals surface area contributed by atoms with Crippen molar-refractivity contribution in [2.24, 2.45) is 0 Å². The fourth-order valence-corrected chi connectivity index (χ4v) is 3.70. The minimum atomic E-state index is -0.365. The summed E-state index contributed by atoms with van der Waals surface area (Å²) in [6.07, 6.45) is 0. The van der Waals surface area contributed by atoms with Crippen LogP contribution in [0.4, 0.5) is 11.4 Å². The molecular weight excluding hydrogens is 428 g/mol. The number of amides is 2. The second kappa shape index (κ2) is 7.68. The first-order valence-electron chi connectivity index (χ1n) is 9.24. The number of carbonyl (C=O) groups excluding carboxylic acids is 2. The zero-order valence-corrected chi connectivity index (χ0v) is 17.7. The van der Waals surface area contributed by atoms with Crippen molar-refractivity contribution in [3.8, 4) is 0 Å². The van der Waals surface area contributed by atoms with Gasteiger partial charge in [-0.15, -0.1) is 0 Å². The summed E-state index contributed by atoms with van der Waals surface area (Å²) in [5.41, 5.74) is 4.85. The van der Waals surface area contributed by atoms with Gasteiger partial charge in [0.25, 0.3) is 11.8 Å². The number of halogens is 1. The number of benzene rings is 3. The van der Waals surface area contributed by atoms with Gasteiger partial charge in [-0.05, 0) is 55.3 Å². The second-order valence-electron chi connectivity index (χ2n) is 6.98. The number of carbonyl (C=O) groups is 2. The minimum absolute atomic E-state index is 0.288. The first-order chi connectivity index (χ1) is 14.0. The molecule has 2 amide bonds. The highest BCUT2D eigenvalue weighted by molar-refractivity contribution is 9.10. The summed E-state index contributed by atoms with van der Waals surface area (Å²) in [6, 6.07) is 22.4. The summed E-state index contributed by atoms with van der Waals surface area (Å²) in [5, 5.41) is 3.23. The molecule has 0 saturated heterocycles. The molecule has 0 spiro atoms. The van der Waals surface area contributed by atoms with Crippen LogP contribution >= 0.6 is 15.9 Å². The van der Waals surface area contributed by atoms with Crippen molar-refractivity contribution in [3.05, 3.63) is 99.7 Å². The summed E-state index contributed by atoms with van der Waals surface area (Å²) in [7, 11) is 0. The SMILES string of the molecule is Cc1ccc(NC2=C(c3ccccc3)C(=O)N(c3ccc(Br)cc3)C2=O)c(C)c1. The maximum atomic E-state index is 13.3. The van der Waals surface area contributed by atoms with E-state index in [4.69, 9.17) is 0 Å². The van der Waals surface area contributed by atoms with E-state index in [-0.39, 0.29) is 17.5 Å². The van der Waals surface area contributed by atoms with Crippen molar-refractivity contribution in [2.75, 3.05) is 10.2 Å². The lowest BCUT2D eigenvalue weighted by molar-refractivity contribution is -0.120. The van der Waals surface area contributed by atoms with Gasteiger partial charge in [0.2, 0.25) is 0 Å². The van der Waals surface area contributed by atoms with Gasteiger partial charge < -0.3 is 5.32 Å². The van der Waals surface area contributed by atoms with Crippen LogP contribution in [0, 0.1) is 13.8 Å². The van der Waals surface area contributed by atoms with Gasteiger partial charge in [-0.1, -0.05) is 64.0 Å².